The zero-order valence-electron chi connectivity index (χ0n) is 15.2. The first-order chi connectivity index (χ1) is 12.6. The Morgan fingerprint density at radius 1 is 1.04 bits per heavy atom. The number of carbonyl (C=O) groups is 1. The van der Waals surface area contributed by atoms with Crippen molar-refractivity contribution < 1.29 is 9.90 Å². The van der Waals surface area contributed by atoms with Crippen LogP contribution < -0.4 is 0 Å². The molecule has 2 aromatic carbocycles. The lowest BCUT2D eigenvalue weighted by Gasteiger charge is -2.11. The van der Waals surface area contributed by atoms with E-state index in [-0.39, 0.29) is 0 Å². The van der Waals surface area contributed by atoms with Crippen LogP contribution in [-0.2, 0) is 12.8 Å². The normalized spacial score (nSPS) is 10.7. The fourth-order valence-electron chi connectivity index (χ4n) is 3.25. The number of carboxylic acid groups (broad SMARTS) is 1. The van der Waals surface area contributed by atoms with Crippen molar-refractivity contribution in [2.45, 2.75) is 33.1 Å². The number of hydrogen-bond donors (Lipinski definition) is 1. The van der Waals surface area contributed by atoms with Crippen molar-refractivity contribution in [3.05, 3.63) is 88.7 Å². The molecule has 0 spiro atoms. The molecule has 1 heterocycles. The lowest BCUT2D eigenvalue weighted by Crippen LogP contribution is -2.00. The highest BCUT2D eigenvalue weighted by molar-refractivity contribution is 5.95. The van der Waals surface area contributed by atoms with Gasteiger partial charge in [0.15, 0.2) is 0 Å². The van der Waals surface area contributed by atoms with Crippen molar-refractivity contribution >= 4 is 5.97 Å². The maximum absolute atomic E-state index is 11.4. The molecule has 0 aliphatic heterocycles. The van der Waals surface area contributed by atoms with Gasteiger partial charge in [0.2, 0.25) is 0 Å². The molecule has 3 rings (SSSR count). The molecular formula is C23H23NO2. The van der Waals surface area contributed by atoms with E-state index >= 15 is 0 Å². The second-order valence-electron chi connectivity index (χ2n) is 6.57. The van der Waals surface area contributed by atoms with Crippen LogP contribution in [0.3, 0.4) is 0 Å². The van der Waals surface area contributed by atoms with Crippen LogP contribution in [0.5, 0.6) is 0 Å². The molecular weight excluding hydrogens is 322 g/mol. The number of rotatable bonds is 6. The molecule has 3 heteroatoms. The second-order valence-corrected chi connectivity index (χ2v) is 6.57. The average Bonchev–Trinajstić information content (AvgIpc) is 2.65. The van der Waals surface area contributed by atoms with Gasteiger partial charge in [0.05, 0.1) is 5.56 Å². The third-order valence-corrected chi connectivity index (χ3v) is 4.56. The Hall–Kier alpha value is -2.94. The van der Waals surface area contributed by atoms with Crippen LogP contribution >= 0.6 is 0 Å². The summed E-state index contributed by atoms with van der Waals surface area (Å²) in [5, 5.41) is 9.37. The Labute approximate surface area is 154 Å². The molecule has 0 aliphatic rings. The average molecular weight is 345 g/mol. The summed E-state index contributed by atoms with van der Waals surface area (Å²) in [6.45, 7) is 4.21. The fourth-order valence-corrected chi connectivity index (χ4v) is 3.25. The van der Waals surface area contributed by atoms with Crippen molar-refractivity contribution in [2.24, 2.45) is 0 Å². The lowest BCUT2D eigenvalue weighted by molar-refractivity contribution is 0.0697. The minimum absolute atomic E-state index is 0.327. The summed E-state index contributed by atoms with van der Waals surface area (Å²) in [6.07, 6.45) is 4.99. The minimum atomic E-state index is -0.903. The van der Waals surface area contributed by atoms with E-state index in [9.17, 15) is 9.90 Å². The molecule has 3 aromatic rings. The fraction of sp³-hybridized carbons (Fsp3) is 0.217. The van der Waals surface area contributed by atoms with Gasteiger partial charge >= 0.3 is 5.97 Å². The maximum atomic E-state index is 11.4. The van der Waals surface area contributed by atoms with E-state index in [1.165, 1.54) is 16.7 Å². The Balaban J connectivity index is 1.87. The molecule has 0 aliphatic carbocycles. The van der Waals surface area contributed by atoms with Crippen molar-refractivity contribution in [3.8, 4) is 11.1 Å². The van der Waals surface area contributed by atoms with Gasteiger partial charge in [-0.2, -0.15) is 0 Å². The molecule has 0 amide bonds. The summed E-state index contributed by atoms with van der Waals surface area (Å²) in [4.78, 5) is 15.9. The van der Waals surface area contributed by atoms with Crippen molar-refractivity contribution in [1.29, 1.82) is 0 Å². The van der Waals surface area contributed by atoms with Crippen molar-refractivity contribution in [2.75, 3.05) is 0 Å². The molecule has 26 heavy (non-hydrogen) atoms. The van der Waals surface area contributed by atoms with Gasteiger partial charge in [-0.1, -0.05) is 55.8 Å². The first-order valence-corrected chi connectivity index (χ1v) is 8.94. The summed E-state index contributed by atoms with van der Waals surface area (Å²) in [5.74, 6) is -0.903. The van der Waals surface area contributed by atoms with Gasteiger partial charge in [-0.25, -0.2) is 4.79 Å². The van der Waals surface area contributed by atoms with Gasteiger partial charge in [0.25, 0.3) is 0 Å². The summed E-state index contributed by atoms with van der Waals surface area (Å²) in [5.41, 5.74) is 6.87. The lowest BCUT2D eigenvalue weighted by atomic mass is 9.95. The van der Waals surface area contributed by atoms with E-state index in [4.69, 9.17) is 0 Å². The Morgan fingerprint density at radius 2 is 1.77 bits per heavy atom. The number of aryl methyl sites for hydroxylation is 2. The quantitative estimate of drug-likeness (QED) is 0.659. The topological polar surface area (TPSA) is 50.2 Å². The first kappa shape index (κ1) is 17.9. The standard InChI is InChI=1S/C23H23NO2/c1-3-6-19-13-16(2)24-15-20(19)14-17-9-11-18(12-10-17)21-7-4-5-8-22(21)23(25)26/h4-5,7-13,15H,3,6,14H2,1-2H3,(H,25,26). The van der Waals surface area contributed by atoms with Gasteiger partial charge in [0, 0.05) is 11.9 Å². The molecule has 0 atom stereocenters. The summed E-state index contributed by atoms with van der Waals surface area (Å²) in [6, 6.07) is 17.4. The minimum Gasteiger partial charge on any atom is -0.478 e. The van der Waals surface area contributed by atoms with Crippen LogP contribution in [0.1, 0.15) is 46.1 Å². The molecule has 0 unspecified atom stereocenters. The molecule has 132 valence electrons. The highest BCUT2D eigenvalue weighted by Gasteiger charge is 2.11. The van der Waals surface area contributed by atoms with Crippen LogP contribution in [0.25, 0.3) is 11.1 Å². The van der Waals surface area contributed by atoms with Crippen molar-refractivity contribution in [3.63, 3.8) is 0 Å². The van der Waals surface area contributed by atoms with Crippen LogP contribution in [0, 0.1) is 6.92 Å². The van der Waals surface area contributed by atoms with E-state index in [0.717, 1.165) is 36.1 Å². The van der Waals surface area contributed by atoms with Gasteiger partial charge < -0.3 is 5.11 Å². The number of aromatic carboxylic acids is 1. The van der Waals surface area contributed by atoms with E-state index in [1.807, 2.05) is 37.4 Å². The van der Waals surface area contributed by atoms with Crippen molar-refractivity contribution in [1.82, 2.24) is 4.98 Å². The smallest absolute Gasteiger partial charge is 0.336 e. The highest BCUT2D eigenvalue weighted by atomic mass is 16.4. The predicted octanol–water partition coefficient (Wildman–Crippen LogP) is 5.30. The van der Waals surface area contributed by atoms with Crippen LogP contribution in [-0.4, -0.2) is 16.1 Å². The predicted molar refractivity (Wildman–Crippen MR) is 105 cm³/mol. The Bertz CT molecular complexity index is 914. The van der Waals surface area contributed by atoms with E-state index < -0.39 is 5.97 Å². The molecule has 1 N–H and O–H groups in total. The maximum Gasteiger partial charge on any atom is 0.336 e. The van der Waals surface area contributed by atoms with Crippen LogP contribution in [0.4, 0.5) is 0 Å². The van der Waals surface area contributed by atoms with Gasteiger partial charge in [-0.05, 0) is 59.7 Å². The monoisotopic (exact) mass is 345 g/mol. The summed E-state index contributed by atoms with van der Waals surface area (Å²) in [7, 11) is 0. The van der Waals surface area contributed by atoms with Gasteiger partial charge in [-0.3, -0.25) is 4.98 Å². The molecule has 3 nitrogen and oxygen atoms in total. The largest absolute Gasteiger partial charge is 0.478 e. The third kappa shape index (κ3) is 3.99. The SMILES string of the molecule is CCCc1cc(C)ncc1Cc1ccc(-c2ccccc2C(=O)O)cc1. The zero-order chi connectivity index (χ0) is 18.5. The molecule has 0 radical (unpaired) electrons. The Kier molecular flexibility index (Phi) is 5.47. The van der Waals surface area contributed by atoms with Gasteiger partial charge in [-0.15, -0.1) is 0 Å². The highest BCUT2D eigenvalue weighted by Crippen LogP contribution is 2.25. The first-order valence-electron chi connectivity index (χ1n) is 8.94. The summed E-state index contributed by atoms with van der Waals surface area (Å²) >= 11 is 0. The molecule has 0 bridgehead atoms. The molecule has 1 aromatic heterocycles. The number of nitrogens with zero attached hydrogens (tertiary/aromatic N) is 1. The van der Waals surface area contributed by atoms with E-state index in [2.05, 4.69) is 30.1 Å². The van der Waals surface area contributed by atoms with Crippen LogP contribution in [0.2, 0.25) is 0 Å². The number of hydrogen-bond acceptors (Lipinski definition) is 2. The number of aromatic nitrogens is 1. The van der Waals surface area contributed by atoms with Gasteiger partial charge in [0.1, 0.15) is 0 Å². The molecule has 0 saturated heterocycles. The second kappa shape index (κ2) is 7.96. The zero-order valence-corrected chi connectivity index (χ0v) is 15.2. The van der Waals surface area contributed by atoms with E-state index in [1.54, 1.807) is 12.1 Å². The van der Waals surface area contributed by atoms with E-state index in [0.29, 0.717) is 5.56 Å². The number of benzene rings is 2. The summed E-state index contributed by atoms with van der Waals surface area (Å²) < 4.78 is 0. The van der Waals surface area contributed by atoms with Crippen LogP contribution in [0.15, 0.2) is 60.8 Å². The number of carboxylic acids is 1. The molecule has 0 fully saturated rings. The third-order valence-electron chi connectivity index (χ3n) is 4.56. The Morgan fingerprint density at radius 3 is 2.46 bits per heavy atom. The molecule has 0 saturated carbocycles. The number of pyridine rings is 1.